The SMILES string of the molecule is N#Cc1ccc(NCC2(O)CCCCCC2)cc1Br. The van der Waals surface area contributed by atoms with Crippen molar-refractivity contribution in [2.45, 2.75) is 44.1 Å². The number of benzene rings is 1. The van der Waals surface area contributed by atoms with Gasteiger partial charge < -0.3 is 10.4 Å². The molecule has 19 heavy (non-hydrogen) atoms. The molecule has 1 aromatic carbocycles. The number of hydrogen-bond acceptors (Lipinski definition) is 3. The van der Waals surface area contributed by atoms with Crippen molar-refractivity contribution in [3.8, 4) is 6.07 Å². The van der Waals surface area contributed by atoms with Crippen LogP contribution in [0.1, 0.15) is 44.1 Å². The Morgan fingerprint density at radius 1 is 1.26 bits per heavy atom. The highest BCUT2D eigenvalue weighted by atomic mass is 79.9. The molecule has 102 valence electrons. The first-order valence-corrected chi connectivity index (χ1v) is 7.58. The first-order chi connectivity index (χ1) is 9.13. The van der Waals surface area contributed by atoms with Gasteiger partial charge in [0.2, 0.25) is 0 Å². The summed E-state index contributed by atoms with van der Waals surface area (Å²) in [7, 11) is 0. The van der Waals surface area contributed by atoms with Gasteiger partial charge in [-0.15, -0.1) is 0 Å². The third kappa shape index (κ3) is 3.95. The van der Waals surface area contributed by atoms with Gasteiger partial charge in [-0.1, -0.05) is 25.7 Å². The van der Waals surface area contributed by atoms with Crippen LogP contribution in [-0.4, -0.2) is 17.3 Å². The maximum atomic E-state index is 10.6. The molecule has 2 rings (SSSR count). The molecule has 1 saturated carbocycles. The Labute approximate surface area is 122 Å². The van der Waals surface area contributed by atoms with E-state index in [1.165, 1.54) is 12.8 Å². The van der Waals surface area contributed by atoms with Crippen molar-refractivity contribution in [3.05, 3.63) is 28.2 Å². The van der Waals surface area contributed by atoms with E-state index in [1.807, 2.05) is 12.1 Å². The van der Waals surface area contributed by atoms with Crippen LogP contribution in [0.2, 0.25) is 0 Å². The van der Waals surface area contributed by atoms with Gasteiger partial charge in [0.15, 0.2) is 0 Å². The smallest absolute Gasteiger partial charge is 0.100 e. The Hall–Kier alpha value is -1.05. The van der Waals surface area contributed by atoms with Gasteiger partial charge in [-0.05, 0) is 47.0 Å². The van der Waals surface area contributed by atoms with Crippen molar-refractivity contribution >= 4 is 21.6 Å². The van der Waals surface area contributed by atoms with E-state index in [9.17, 15) is 5.11 Å². The molecule has 0 spiro atoms. The van der Waals surface area contributed by atoms with Gasteiger partial charge in [0.05, 0.1) is 11.2 Å². The van der Waals surface area contributed by atoms with Gasteiger partial charge in [0.25, 0.3) is 0 Å². The van der Waals surface area contributed by atoms with E-state index in [0.29, 0.717) is 12.1 Å². The monoisotopic (exact) mass is 322 g/mol. The van der Waals surface area contributed by atoms with Gasteiger partial charge in [-0.3, -0.25) is 0 Å². The molecule has 0 aromatic heterocycles. The first kappa shape index (κ1) is 14.4. The molecule has 0 heterocycles. The van der Waals surface area contributed by atoms with Crippen LogP contribution >= 0.6 is 15.9 Å². The fourth-order valence-corrected chi connectivity index (χ4v) is 3.01. The van der Waals surface area contributed by atoms with Crippen molar-refractivity contribution in [2.24, 2.45) is 0 Å². The van der Waals surface area contributed by atoms with Crippen LogP contribution in [0.15, 0.2) is 22.7 Å². The quantitative estimate of drug-likeness (QED) is 0.832. The van der Waals surface area contributed by atoms with Gasteiger partial charge >= 0.3 is 0 Å². The Balaban J connectivity index is 1.98. The van der Waals surface area contributed by atoms with Crippen molar-refractivity contribution in [1.82, 2.24) is 0 Å². The summed E-state index contributed by atoms with van der Waals surface area (Å²) in [6.45, 7) is 0.575. The lowest BCUT2D eigenvalue weighted by Gasteiger charge is -2.27. The minimum Gasteiger partial charge on any atom is -0.388 e. The summed E-state index contributed by atoms with van der Waals surface area (Å²) in [4.78, 5) is 0. The number of halogens is 1. The van der Waals surface area contributed by atoms with Gasteiger partial charge in [-0.2, -0.15) is 5.26 Å². The molecule has 0 amide bonds. The molecule has 0 atom stereocenters. The lowest BCUT2D eigenvalue weighted by atomic mass is 9.94. The van der Waals surface area contributed by atoms with E-state index in [2.05, 4.69) is 27.3 Å². The minimum absolute atomic E-state index is 0.575. The fourth-order valence-electron chi connectivity index (χ4n) is 2.55. The molecule has 2 N–H and O–H groups in total. The largest absolute Gasteiger partial charge is 0.388 e. The standard InChI is InChI=1S/C15H19BrN2O/c16-14-9-13(6-5-12(14)10-17)18-11-15(19)7-3-1-2-4-8-15/h5-6,9,18-19H,1-4,7-8,11H2. The van der Waals surface area contributed by atoms with E-state index in [4.69, 9.17) is 5.26 Å². The maximum Gasteiger partial charge on any atom is 0.100 e. The van der Waals surface area contributed by atoms with Gasteiger partial charge in [-0.25, -0.2) is 0 Å². The van der Waals surface area contributed by atoms with E-state index < -0.39 is 5.60 Å². The third-order valence-electron chi connectivity index (χ3n) is 3.75. The summed E-state index contributed by atoms with van der Waals surface area (Å²) in [5.41, 5.74) is 0.971. The summed E-state index contributed by atoms with van der Waals surface area (Å²) in [6.07, 6.45) is 6.41. The van der Waals surface area contributed by atoms with Crippen LogP contribution in [0.4, 0.5) is 5.69 Å². The van der Waals surface area contributed by atoms with E-state index in [-0.39, 0.29) is 0 Å². The zero-order valence-electron chi connectivity index (χ0n) is 11.0. The lowest BCUT2D eigenvalue weighted by molar-refractivity contribution is 0.0381. The number of rotatable bonds is 3. The van der Waals surface area contributed by atoms with Crippen molar-refractivity contribution < 1.29 is 5.11 Å². The van der Waals surface area contributed by atoms with Crippen LogP contribution in [0, 0.1) is 11.3 Å². The van der Waals surface area contributed by atoms with Crippen molar-refractivity contribution in [2.75, 3.05) is 11.9 Å². The Morgan fingerprint density at radius 2 is 1.95 bits per heavy atom. The highest BCUT2D eigenvalue weighted by Crippen LogP contribution is 2.28. The molecule has 1 aliphatic carbocycles. The summed E-state index contributed by atoms with van der Waals surface area (Å²) in [6, 6.07) is 7.67. The normalized spacial score (nSPS) is 18.4. The second kappa shape index (κ2) is 6.40. The number of anilines is 1. The van der Waals surface area contributed by atoms with Crippen LogP contribution < -0.4 is 5.32 Å². The predicted molar refractivity (Wildman–Crippen MR) is 80.0 cm³/mol. The molecular weight excluding hydrogens is 304 g/mol. The van der Waals surface area contributed by atoms with Gasteiger partial charge in [0, 0.05) is 16.7 Å². The molecule has 4 heteroatoms. The number of hydrogen-bond donors (Lipinski definition) is 2. The van der Waals surface area contributed by atoms with E-state index in [0.717, 1.165) is 35.8 Å². The third-order valence-corrected chi connectivity index (χ3v) is 4.40. The fraction of sp³-hybridized carbons (Fsp3) is 0.533. The topological polar surface area (TPSA) is 56.0 Å². The zero-order valence-corrected chi connectivity index (χ0v) is 12.5. The molecule has 1 aliphatic rings. The molecular formula is C15H19BrN2O. The average Bonchev–Trinajstić information content (AvgIpc) is 2.62. The molecule has 3 nitrogen and oxygen atoms in total. The Bertz CT molecular complexity index is 474. The number of nitrogens with zero attached hydrogens (tertiary/aromatic N) is 1. The highest BCUT2D eigenvalue weighted by Gasteiger charge is 2.27. The second-order valence-electron chi connectivity index (χ2n) is 5.30. The zero-order chi connectivity index (χ0) is 13.7. The van der Waals surface area contributed by atoms with E-state index in [1.54, 1.807) is 6.07 Å². The van der Waals surface area contributed by atoms with E-state index >= 15 is 0 Å². The maximum absolute atomic E-state index is 10.6. The summed E-state index contributed by atoms with van der Waals surface area (Å²) in [5, 5.41) is 22.7. The second-order valence-corrected chi connectivity index (χ2v) is 6.15. The van der Waals surface area contributed by atoms with Crippen molar-refractivity contribution in [3.63, 3.8) is 0 Å². The first-order valence-electron chi connectivity index (χ1n) is 6.79. The minimum atomic E-state index is -0.586. The average molecular weight is 323 g/mol. The summed E-state index contributed by atoms with van der Waals surface area (Å²) in [5.74, 6) is 0. The molecule has 0 radical (unpaired) electrons. The molecule has 1 aromatic rings. The lowest BCUT2D eigenvalue weighted by Crippen LogP contribution is -2.36. The molecule has 0 bridgehead atoms. The molecule has 0 saturated heterocycles. The van der Waals surface area contributed by atoms with Crippen molar-refractivity contribution in [1.29, 1.82) is 5.26 Å². The predicted octanol–water partition coefficient (Wildman–Crippen LogP) is 3.82. The Morgan fingerprint density at radius 3 is 2.53 bits per heavy atom. The molecule has 0 aliphatic heterocycles. The number of nitrogens with one attached hydrogen (secondary N) is 1. The van der Waals surface area contributed by atoms with Crippen LogP contribution in [-0.2, 0) is 0 Å². The number of aliphatic hydroxyl groups is 1. The Kier molecular flexibility index (Phi) is 4.84. The van der Waals surface area contributed by atoms with Crippen LogP contribution in [0.5, 0.6) is 0 Å². The summed E-state index contributed by atoms with van der Waals surface area (Å²) >= 11 is 3.37. The van der Waals surface area contributed by atoms with Gasteiger partial charge in [0.1, 0.15) is 6.07 Å². The van der Waals surface area contributed by atoms with Crippen LogP contribution in [0.3, 0.4) is 0 Å². The molecule has 0 unspecified atom stereocenters. The highest BCUT2D eigenvalue weighted by molar-refractivity contribution is 9.10. The molecule has 1 fully saturated rings. The summed E-state index contributed by atoms with van der Waals surface area (Å²) < 4.78 is 0.785. The van der Waals surface area contributed by atoms with Crippen LogP contribution in [0.25, 0.3) is 0 Å². The number of nitriles is 1.